The Hall–Kier alpha value is -0.250. The van der Waals surface area contributed by atoms with Gasteiger partial charge >= 0.3 is 6.18 Å². The number of fused-ring (bicyclic) bond motifs is 2. The number of hydrogen-bond acceptors (Lipinski definition) is 1. The van der Waals surface area contributed by atoms with E-state index < -0.39 is 12.1 Å². The van der Waals surface area contributed by atoms with Crippen molar-refractivity contribution in [3.8, 4) is 0 Å². The highest BCUT2D eigenvalue weighted by molar-refractivity contribution is 4.91. The molecule has 0 aromatic rings. The number of halogens is 3. The summed E-state index contributed by atoms with van der Waals surface area (Å²) >= 11 is 0. The summed E-state index contributed by atoms with van der Waals surface area (Å²) in [5.74, 6) is 1.62. The Kier molecular flexibility index (Phi) is 3.80. The summed E-state index contributed by atoms with van der Waals surface area (Å²) in [7, 11) is 0. The molecule has 0 aliphatic heterocycles. The fourth-order valence-electron chi connectivity index (χ4n) is 4.57. The van der Waals surface area contributed by atoms with Crippen molar-refractivity contribution in [2.24, 2.45) is 23.7 Å². The van der Waals surface area contributed by atoms with Crippen LogP contribution < -0.4 is 5.32 Å². The summed E-state index contributed by atoms with van der Waals surface area (Å²) < 4.78 is 37.7. The van der Waals surface area contributed by atoms with Gasteiger partial charge in [0.25, 0.3) is 0 Å². The van der Waals surface area contributed by atoms with E-state index >= 15 is 0 Å². The molecular weight excluding hydrogens is 251 g/mol. The fourth-order valence-corrected chi connectivity index (χ4v) is 4.57. The second kappa shape index (κ2) is 5.27. The zero-order chi connectivity index (χ0) is 13.5. The van der Waals surface area contributed by atoms with E-state index in [1.54, 1.807) is 0 Å². The van der Waals surface area contributed by atoms with Crippen LogP contribution in [0.5, 0.6) is 0 Å². The molecule has 0 saturated heterocycles. The molecule has 1 N–H and O–H groups in total. The third-order valence-electron chi connectivity index (χ3n) is 5.74. The number of nitrogens with one attached hydrogen (secondary N) is 1. The molecule has 0 amide bonds. The average Bonchev–Trinajstić information content (AvgIpc) is 2.98. The van der Waals surface area contributed by atoms with E-state index in [9.17, 15) is 13.2 Å². The third-order valence-corrected chi connectivity index (χ3v) is 5.74. The highest BCUT2D eigenvalue weighted by atomic mass is 19.4. The van der Waals surface area contributed by atoms with E-state index in [2.05, 4.69) is 5.32 Å². The molecule has 3 fully saturated rings. The van der Waals surface area contributed by atoms with Gasteiger partial charge in [-0.2, -0.15) is 13.2 Å². The van der Waals surface area contributed by atoms with Crippen LogP contribution in [0.15, 0.2) is 0 Å². The van der Waals surface area contributed by atoms with Crippen LogP contribution in [0.1, 0.15) is 51.4 Å². The third kappa shape index (κ3) is 3.09. The molecule has 0 aromatic heterocycles. The fraction of sp³-hybridized carbons (Fsp3) is 1.00. The monoisotopic (exact) mass is 275 g/mol. The summed E-state index contributed by atoms with van der Waals surface area (Å²) in [6, 6.07) is 0.331. The molecule has 19 heavy (non-hydrogen) atoms. The van der Waals surface area contributed by atoms with Crippen molar-refractivity contribution in [3.63, 3.8) is 0 Å². The number of rotatable bonds is 3. The van der Waals surface area contributed by atoms with Gasteiger partial charge in [0.05, 0.1) is 5.92 Å². The van der Waals surface area contributed by atoms with Crippen molar-refractivity contribution in [2.75, 3.05) is 6.54 Å². The molecule has 3 saturated carbocycles. The van der Waals surface area contributed by atoms with Gasteiger partial charge in [0.15, 0.2) is 0 Å². The van der Waals surface area contributed by atoms with E-state index in [0.717, 1.165) is 24.3 Å². The lowest BCUT2D eigenvalue weighted by Crippen LogP contribution is -2.39. The van der Waals surface area contributed by atoms with Gasteiger partial charge in [-0.1, -0.05) is 6.42 Å². The maximum absolute atomic E-state index is 12.6. The highest BCUT2D eigenvalue weighted by Crippen LogP contribution is 2.48. The van der Waals surface area contributed by atoms with Gasteiger partial charge < -0.3 is 5.32 Å². The van der Waals surface area contributed by atoms with Crippen molar-refractivity contribution < 1.29 is 13.2 Å². The van der Waals surface area contributed by atoms with Crippen LogP contribution in [0.3, 0.4) is 0 Å². The minimum Gasteiger partial charge on any atom is -0.314 e. The molecular formula is C15H24F3N. The molecule has 3 aliphatic rings. The summed E-state index contributed by atoms with van der Waals surface area (Å²) in [6.45, 7) is 1.04. The van der Waals surface area contributed by atoms with Crippen LogP contribution in [0.4, 0.5) is 13.2 Å². The van der Waals surface area contributed by atoms with Gasteiger partial charge in [-0.05, 0) is 69.2 Å². The molecule has 0 radical (unpaired) electrons. The van der Waals surface area contributed by atoms with Gasteiger partial charge in [0.1, 0.15) is 0 Å². The normalized spacial score (nSPS) is 42.8. The molecule has 3 rings (SSSR count). The molecule has 3 atom stereocenters. The Balaban J connectivity index is 1.39. The molecule has 4 heteroatoms. The van der Waals surface area contributed by atoms with Crippen molar-refractivity contribution in [2.45, 2.75) is 63.6 Å². The van der Waals surface area contributed by atoms with Crippen molar-refractivity contribution in [3.05, 3.63) is 0 Å². The first-order valence-electron chi connectivity index (χ1n) is 7.82. The Morgan fingerprint density at radius 1 is 0.895 bits per heavy atom. The second-order valence-electron chi connectivity index (χ2n) is 6.93. The van der Waals surface area contributed by atoms with E-state index in [1.807, 2.05) is 0 Å². The largest absolute Gasteiger partial charge is 0.391 e. The lowest BCUT2D eigenvalue weighted by Gasteiger charge is -2.32. The molecule has 0 spiro atoms. The smallest absolute Gasteiger partial charge is 0.314 e. The predicted molar refractivity (Wildman–Crippen MR) is 68.7 cm³/mol. The van der Waals surface area contributed by atoms with Crippen LogP contribution in [0.25, 0.3) is 0 Å². The zero-order valence-electron chi connectivity index (χ0n) is 11.4. The van der Waals surface area contributed by atoms with Gasteiger partial charge in [-0.3, -0.25) is 0 Å². The van der Waals surface area contributed by atoms with Crippen molar-refractivity contribution in [1.82, 2.24) is 5.32 Å². The first-order chi connectivity index (χ1) is 9.02. The first-order valence-corrected chi connectivity index (χ1v) is 7.82. The topological polar surface area (TPSA) is 12.0 Å². The minimum absolute atomic E-state index is 0.317. The highest BCUT2D eigenvalue weighted by Gasteiger charge is 2.42. The Morgan fingerprint density at radius 3 is 2.16 bits per heavy atom. The lowest BCUT2D eigenvalue weighted by atomic mass is 9.84. The van der Waals surface area contributed by atoms with E-state index in [4.69, 9.17) is 0 Å². The maximum Gasteiger partial charge on any atom is 0.391 e. The average molecular weight is 275 g/mol. The van der Waals surface area contributed by atoms with Gasteiger partial charge in [0, 0.05) is 6.04 Å². The summed E-state index contributed by atoms with van der Waals surface area (Å²) in [4.78, 5) is 0. The molecule has 1 nitrogen and oxygen atoms in total. The molecule has 0 heterocycles. The van der Waals surface area contributed by atoms with Crippen LogP contribution >= 0.6 is 0 Å². The van der Waals surface area contributed by atoms with Crippen LogP contribution in [-0.2, 0) is 0 Å². The van der Waals surface area contributed by atoms with Crippen LogP contribution in [-0.4, -0.2) is 18.8 Å². The van der Waals surface area contributed by atoms with Gasteiger partial charge in [-0.15, -0.1) is 0 Å². The number of alkyl halides is 3. The van der Waals surface area contributed by atoms with Crippen LogP contribution in [0.2, 0.25) is 0 Å². The molecule has 3 unspecified atom stereocenters. The molecule has 110 valence electrons. The Morgan fingerprint density at radius 2 is 1.63 bits per heavy atom. The summed E-state index contributed by atoms with van der Waals surface area (Å²) in [6.07, 6.45) is 3.62. The van der Waals surface area contributed by atoms with Gasteiger partial charge in [0.2, 0.25) is 0 Å². The zero-order valence-corrected chi connectivity index (χ0v) is 11.4. The summed E-state index contributed by atoms with van der Waals surface area (Å²) in [5, 5.41) is 3.55. The standard InChI is InChI=1S/C15H24F3N/c16-15(17,18)13-3-5-14(6-4-13)19-9-12-8-10-1-2-11(12)7-10/h10-14,19H,1-9H2. The first kappa shape index (κ1) is 13.7. The molecule has 3 aliphatic carbocycles. The van der Waals surface area contributed by atoms with Crippen molar-refractivity contribution in [1.29, 1.82) is 0 Å². The van der Waals surface area contributed by atoms with Crippen molar-refractivity contribution >= 4 is 0 Å². The Labute approximate surface area is 113 Å². The maximum atomic E-state index is 12.6. The minimum atomic E-state index is -3.98. The Bertz CT molecular complexity index is 307. The SMILES string of the molecule is FC(F)(F)C1CCC(NCC2CC3CCC2C3)CC1. The summed E-state index contributed by atoms with van der Waals surface area (Å²) in [5.41, 5.74) is 0. The van der Waals surface area contributed by atoms with Crippen LogP contribution in [0, 0.1) is 23.7 Å². The predicted octanol–water partition coefficient (Wildman–Crippen LogP) is 4.13. The quantitative estimate of drug-likeness (QED) is 0.816. The second-order valence-corrected chi connectivity index (χ2v) is 6.93. The van der Waals surface area contributed by atoms with E-state index in [0.29, 0.717) is 31.7 Å². The van der Waals surface area contributed by atoms with Gasteiger partial charge in [-0.25, -0.2) is 0 Å². The number of hydrogen-bond donors (Lipinski definition) is 1. The molecule has 0 aromatic carbocycles. The lowest BCUT2D eigenvalue weighted by molar-refractivity contribution is -0.182. The van der Waals surface area contributed by atoms with E-state index in [1.165, 1.54) is 25.7 Å². The molecule has 2 bridgehead atoms. The van der Waals surface area contributed by atoms with E-state index in [-0.39, 0.29) is 0 Å².